The highest BCUT2D eigenvalue weighted by atomic mass is 35.5. The van der Waals surface area contributed by atoms with E-state index in [0.717, 1.165) is 5.56 Å². The van der Waals surface area contributed by atoms with Crippen molar-refractivity contribution in [2.24, 2.45) is 0 Å². The summed E-state index contributed by atoms with van der Waals surface area (Å²) in [4.78, 5) is 31.1. The fourth-order valence-corrected chi connectivity index (χ4v) is 3.99. The van der Waals surface area contributed by atoms with Gasteiger partial charge < -0.3 is 14.7 Å². The summed E-state index contributed by atoms with van der Waals surface area (Å²) in [7, 11) is 0. The van der Waals surface area contributed by atoms with Gasteiger partial charge in [-0.25, -0.2) is 4.39 Å². The van der Waals surface area contributed by atoms with Crippen molar-refractivity contribution in [1.29, 1.82) is 0 Å². The lowest BCUT2D eigenvalue weighted by molar-refractivity contribution is -0.132. The van der Waals surface area contributed by atoms with E-state index < -0.39 is 0 Å². The number of rotatable bonds is 7. The van der Waals surface area contributed by atoms with E-state index in [1.165, 1.54) is 17.0 Å². The molecule has 180 valence electrons. The molecule has 0 saturated carbocycles. The number of anilines is 1. The van der Waals surface area contributed by atoms with Crippen molar-refractivity contribution < 1.29 is 14.0 Å². The number of nitrogens with zero attached hydrogens (tertiary/aromatic N) is 5. The molecular weight excluding hydrogens is 469 g/mol. The zero-order valence-corrected chi connectivity index (χ0v) is 19.9. The first-order valence-corrected chi connectivity index (χ1v) is 11.6. The van der Waals surface area contributed by atoms with E-state index in [9.17, 15) is 14.0 Å². The van der Waals surface area contributed by atoms with Crippen molar-refractivity contribution in [2.45, 2.75) is 0 Å². The number of hydrogen-bond acceptors (Lipinski definition) is 5. The predicted molar refractivity (Wildman–Crippen MR) is 134 cm³/mol. The number of halogens is 2. The molecule has 4 rings (SSSR count). The summed E-state index contributed by atoms with van der Waals surface area (Å²) in [6.07, 6.45) is 1.60. The quantitative estimate of drug-likeness (QED) is 0.467. The van der Waals surface area contributed by atoms with Crippen LogP contribution in [0.3, 0.4) is 0 Å². The minimum Gasteiger partial charge on any atom is -0.352 e. The minimum atomic E-state index is -0.298. The highest BCUT2D eigenvalue weighted by molar-refractivity contribution is 6.30. The monoisotopic (exact) mass is 493 g/mol. The van der Waals surface area contributed by atoms with Crippen molar-refractivity contribution in [3.63, 3.8) is 0 Å². The molecule has 0 atom stereocenters. The van der Waals surface area contributed by atoms with Gasteiger partial charge in [0.15, 0.2) is 5.82 Å². The first-order valence-electron chi connectivity index (χ1n) is 11.2. The summed E-state index contributed by atoms with van der Waals surface area (Å²) in [6.45, 7) is 6.17. The van der Waals surface area contributed by atoms with Gasteiger partial charge in [-0.2, -0.15) is 0 Å². The summed E-state index contributed by atoms with van der Waals surface area (Å²) >= 11 is 5.91. The molecule has 1 fully saturated rings. The van der Waals surface area contributed by atoms with Crippen LogP contribution in [0.1, 0.15) is 10.4 Å². The van der Waals surface area contributed by atoms with Gasteiger partial charge in [-0.05, 0) is 60.7 Å². The van der Waals surface area contributed by atoms with E-state index in [4.69, 9.17) is 11.6 Å². The Bertz CT molecular complexity index is 1180. The highest BCUT2D eigenvalue weighted by Crippen LogP contribution is 2.20. The number of piperazine rings is 1. The van der Waals surface area contributed by atoms with Crippen LogP contribution in [0, 0.1) is 5.82 Å². The second kappa shape index (κ2) is 11.1. The zero-order valence-electron chi connectivity index (χ0n) is 19.1. The minimum absolute atomic E-state index is 0.0281. The molecule has 0 radical (unpaired) electrons. The molecule has 2 heterocycles. The van der Waals surface area contributed by atoms with Gasteiger partial charge in [-0.3, -0.25) is 9.59 Å². The largest absolute Gasteiger partial charge is 0.352 e. The van der Waals surface area contributed by atoms with Crippen molar-refractivity contribution in [3.05, 3.63) is 89.7 Å². The third kappa shape index (κ3) is 6.02. The van der Waals surface area contributed by atoms with Gasteiger partial charge in [0.2, 0.25) is 5.91 Å². The third-order valence-corrected chi connectivity index (χ3v) is 6.05. The molecule has 0 spiro atoms. The first kappa shape index (κ1) is 24.3. The zero-order chi connectivity index (χ0) is 24.8. The molecule has 9 heteroatoms. The topological polar surface area (TPSA) is 69.6 Å². The Morgan fingerprint density at radius 1 is 0.971 bits per heavy atom. The van der Waals surface area contributed by atoms with Crippen LogP contribution in [0.5, 0.6) is 0 Å². The van der Waals surface area contributed by atoms with E-state index in [1.807, 2.05) is 12.1 Å². The predicted octanol–water partition coefficient (Wildman–Crippen LogP) is 3.91. The lowest BCUT2D eigenvalue weighted by Gasteiger charge is -2.36. The number of amides is 2. The Morgan fingerprint density at radius 2 is 1.66 bits per heavy atom. The maximum absolute atomic E-state index is 13.1. The van der Waals surface area contributed by atoms with Crippen LogP contribution in [-0.2, 0) is 4.79 Å². The molecule has 0 N–H and O–H groups in total. The van der Waals surface area contributed by atoms with Gasteiger partial charge in [-0.15, -0.1) is 16.8 Å². The van der Waals surface area contributed by atoms with E-state index >= 15 is 0 Å². The van der Waals surface area contributed by atoms with Crippen LogP contribution >= 0.6 is 11.6 Å². The van der Waals surface area contributed by atoms with Gasteiger partial charge in [-0.1, -0.05) is 17.7 Å². The fourth-order valence-electron chi connectivity index (χ4n) is 3.87. The fraction of sp³-hybridized carbons (Fsp3) is 0.231. The molecule has 1 aromatic heterocycles. The molecule has 0 bridgehead atoms. The number of carbonyl (C=O) groups is 2. The normalized spacial score (nSPS) is 13.4. The molecule has 1 aliphatic heterocycles. The molecule has 2 amide bonds. The molecule has 1 aliphatic rings. The van der Waals surface area contributed by atoms with Crippen molar-refractivity contribution in [3.8, 4) is 11.3 Å². The van der Waals surface area contributed by atoms with Gasteiger partial charge in [0.25, 0.3) is 5.91 Å². The van der Waals surface area contributed by atoms with Crippen LogP contribution in [-0.4, -0.2) is 71.1 Å². The number of aromatic nitrogens is 2. The molecule has 2 aromatic carbocycles. The van der Waals surface area contributed by atoms with Gasteiger partial charge in [0.1, 0.15) is 12.4 Å². The number of benzene rings is 2. The van der Waals surface area contributed by atoms with E-state index in [-0.39, 0.29) is 30.7 Å². The number of carbonyl (C=O) groups excluding carboxylic acids is 2. The highest BCUT2D eigenvalue weighted by Gasteiger charge is 2.25. The second-order valence-corrected chi connectivity index (χ2v) is 8.57. The van der Waals surface area contributed by atoms with Crippen LogP contribution in [0.4, 0.5) is 10.2 Å². The summed E-state index contributed by atoms with van der Waals surface area (Å²) in [6, 6.07) is 16.4. The van der Waals surface area contributed by atoms with Crippen LogP contribution in [0.25, 0.3) is 11.3 Å². The molecule has 1 saturated heterocycles. The molecule has 0 aliphatic carbocycles. The van der Waals surface area contributed by atoms with Gasteiger partial charge in [0, 0.05) is 48.9 Å². The maximum Gasteiger partial charge on any atom is 0.254 e. The Labute approximate surface area is 208 Å². The first-order chi connectivity index (χ1) is 16.9. The molecule has 7 nitrogen and oxygen atoms in total. The molecular formula is C26H25ClFN5O2. The Hall–Kier alpha value is -3.78. The van der Waals surface area contributed by atoms with Crippen molar-refractivity contribution >= 4 is 29.2 Å². The molecule has 3 aromatic rings. The van der Waals surface area contributed by atoms with E-state index in [0.29, 0.717) is 48.3 Å². The van der Waals surface area contributed by atoms with E-state index in [2.05, 4.69) is 21.7 Å². The SMILES string of the molecule is C=CCN(CC(=O)N1CCN(c2ccc(-c3ccc(F)cc3)nn2)CC1)C(=O)c1ccc(Cl)cc1. The average molecular weight is 494 g/mol. The van der Waals surface area contributed by atoms with Crippen LogP contribution in [0.15, 0.2) is 73.3 Å². The summed E-state index contributed by atoms with van der Waals surface area (Å²) < 4.78 is 13.1. The van der Waals surface area contributed by atoms with Gasteiger partial charge >= 0.3 is 0 Å². The van der Waals surface area contributed by atoms with Crippen LogP contribution < -0.4 is 4.90 Å². The maximum atomic E-state index is 13.1. The molecule has 0 unspecified atom stereocenters. The Morgan fingerprint density at radius 3 is 2.26 bits per heavy atom. The van der Waals surface area contributed by atoms with Gasteiger partial charge in [0.05, 0.1) is 5.69 Å². The second-order valence-electron chi connectivity index (χ2n) is 8.13. The van der Waals surface area contributed by atoms with Crippen LogP contribution in [0.2, 0.25) is 5.02 Å². The van der Waals surface area contributed by atoms with E-state index in [1.54, 1.807) is 47.4 Å². The lowest BCUT2D eigenvalue weighted by Crippen LogP contribution is -2.52. The lowest BCUT2D eigenvalue weighted by atomic mass is 10.1. The van der Waals surface area contributed by atoms with Crippen molar-refractivity contribution in [1.82, 2.24) is 20.0 Å². The Balaban J connectivity index is 1.33. The smallest absolute Gasteiger partial charge is 0.254 e. The molecule has 35 heavy (non-hydrogen) atoms. The summed E-state index contributed by atoms with van der Waals surface area (Å²) in [5.41, 5.74) is 1.92. The standard InChI is InChI=1S/C26H25ClFN5O2/c1-2-13-33(26(35)20-3-7-21(27)8-4-20)18-25(34)32-16-14-31(15-17-32)24-12-11-23(29-30-24)19-5-9-22(28)10-6-19/h2-12H,1,13-18H2. The van der Waals surface area contributed by atoms with Crippen molar-refractivity contribution in [2.75, 3.05) is 44.2 Å². The number of hydrogen-bond donors (Lipinski definition) is 0. The Kier molecular flexibility index (Phi) is 7.72. The summed E-state index contributed by atoms with van der Waals surface area (Å²) in [5, 5.41) is 9.12. The average Bonchev–Trinajstić information content (AvgIpc) is 2.89. The third-order valence-electron chi connectivity index (χ3n) is 5.80. The summed E-state index contributed by atoms with van der Waals surface area (Å²) in [5.74, 6) is 0.0542.